The van der Waals surface area contributed by atoms with Gasteiger partial charge < -0.3 is 10.2 Å². The summed E-state index contributed by atoms with van der Waals surface area (Å²) in [5, 5.41) is 2.96. The summed E-state index contributed by atoms with van der Waals surface area (Å²) in [4.78, 5) is 28.9. The fraction of sp³-hybridized carbons (Fsp3) is 0.647. The Balaban J connectivity index is 1.75. The summed E-state index contributed by atoms with van der Waals surface area (Å²) < 4.78 is 0.910. The molecule has 1 fully saturated rings. The van der Waals surface area contributed by atoms with Gasteiger partial charge in [0.2, 0.25) is 5.91 Å². The van der Waals surface area contributed by atoms with Crippen LogP contribution in [0.5, 0.6) is 0 Å². The van der Waals surface area contributed by atoms with Gasteiger partial charge in [0.05, 0.1) is 15.2 Å². The molecule has 5 nitrogen and oxygen atoms in total. The van der Waals surface area contributed by atoms with Crippen molar-refractivity contribution in [1.82, 2.24) is 15.1 Å². The van der Waals surface area contributed by atoms with Gasteiger partial charge in [0, 0.05) is 26.2 Å². The van der Waals surface area contributed by atoms with E-state index in [0.29, 0.717) is 17.5 Å². The summed E-state index contributed by atoms with van der Waals surface area (Å²) in [6.45, 7) is 7.34. The highest BCUT2D eigenvalue weighted by Gasteiger charge is 2.22. The SMILES string of the molecule is CC1CCCN(C(C)CNC(=O)CN(C)C(=O)c2ccc(Br)s2)C1. The van der Waals surface area contributed by atoms with Crippen molar-refractivity contribution in [3.05, 3.63) is 20.8 Å². The molecule has 0 saturated carbocycles. The van der Waals surface area contributed by atoms with E-state index in [2.05, 4.69) is 40.0 Å². The molecule has 0 spiro atoms. The summed E-state index contributed by atoms with van der Waals surface area (Å²) in [7, 11) is 1.66. The standard InChI is InChI=1S/C17H26BrN3O2S/c1-12-5-4-8-21(10-12)13(2)9-19-16(22)11-20(3)17(23)14-6-7-15(18)24-14/h6-7,12-13H,4-5,8-11H2,1-3H3,(H,19,22). The first-order valence-corrected chi connectivity index (χ1v) is 9.99. The Morgan fingerprint density at radius 2 is 2.25 bits per heavy atom. The van der Waals surface area contributed by atoms with Crippen LogP contribution < -0.4 is 5.32 Å². The summed E-state index contributed by atoms with van der Waals surface area (Å²) in [5.41, 5.74) is 0. The fourth-order valence-electron chi connectivity index (χ4n) is 2.98. The molecule has 1 saturated heterocycles. The molecule has 1 aliphatic rings. The molecule has 1 aromatic heterocycles. The van der Waals surface area contributed by atoms with Crippen molar-refractivity contribution in [2.24, 2.45) is 5.92 Å². The smallest absolute Gasteiger partial charge is 0.264 e. The van der Waals surface area contributed by atoms with E-state index in [4.69, 9.17) is 0 Å². The largest absolute Gasteiger partial charge is 0.353 e. The highest BCUT2D eigenvalue weighted by atomic mass is 79.9. The van der Waals surface area contributed by atoms with E-state index in [1.165, 1.54) is 29.1 Å². The minimum absolute atomic E-state index is 0.0808. The average molecular weight is 416 g/mol. The predicted octanol–water partition coefficient (Wildman–Crippen LogP) is 2.82. The second-order valence-corrected chi connectivity index (χ2v) is 9.12. The van der Waals surface area contributed by atoms with Crippen LogP contribution in [0.15, 0.2) is 15.9 Å². The van der Waals surface area contributed by atoms with Crippen molar-refractivity contribution in [3.63, 3.8) is 0 Å². The van der Waals surface area contributed by atoms with Crippen LogP contribution in [0.4, 0.5) is 0 Å². The van der Waals surface area contributed by atoms with E-state index in [0.717, 1.165) is 22.8 Å². The maximum atomic E-state index is 12.2. The molecule has 0 radical (unpaired) electrons. The van der Waals surface area contributed by atoms with Crippen molar-refractivity contribution in [3.8, 4) is 0 Å². The Bertz CT molecular complexity index is 578. The van der Waals surface area contributed by atoms with Crippen LogP contribution in [0.25, 0.3) is 0 Å². The molecule has 0 aliphatic carbocycles. The van der Waals surface area contributed by atoms with Crippen molar-refractivity contribution < 1.29 is 9.59 Å². The Morgan fingerprint density at radius 3 is 2.88 bits per heavy atom. The predicted molar refractivity (Wildman–Crippen MR) is 101 cm³/mol. The molecule has 24 heavy (non-hydrogen) atoms. The number of halogens is 1. The van der Waals surface area contributed by atoms with Crippen molar-refractivity contribution in [1.29, 1.82) is 0 Å². The molecule has 2 rings (SSSR count). The monoisotopic (exact) mass is 415 g/mol. The van der Waals surface area contributed by atoms with Crippen molar-refractivity contribution in [2.75, 3.05) is 33.2 Å². The molecule has 1 aliphatic heterocycles. The number of rotatable bonds is 6. The number of likely N-dealkylation sites (N-methyl/N-ethyl adjacent to an activating group) is 1. The zero-order valence-corrected chi connectivity index (χ0v) is 17.0. The first-order chi connectivity index (χ1) is 11.4. The molecular weight excluding hydrogens is 390 g/mol. The van der Waals surface area contributed by atoms with Gasteiger partial charge in [0.25, 0.3) is 5.91 Å². The molecule has 0 aromatic carbocycles. The van der Waals surface area contributed by atoms with Gasteiger partial charge in [-0.3, -0.25) is 14.5 Å². The lowest BCUT2D eigenvalue weighted by molar-refractivity contribution is -0.121. The molecule has 2 heterocycles. The second-order valence-electron chi connectivity index (χ2n) is 6.66. The second kappa shape index (κ2) is 8.97. The van der Waals surface area contributed by atoms with Gasteiger partial charge in [0.1, 0.15) is 0 Å². The summed E-state index contributed by atoms with van der Waals surface area (Å²) >= 11 is 4.72. The van der Waals surface area contributed by atoms with Crippen LogP contribution in [0, 0.1) is 5.92 Å². The molecule has 0 bridgehead atoms. The van der Waals surface area contributed by atoms with Gasteiger partial charge in [-0.2, -0.15) is 0 Å². The highest BCUT2D eigenvalue weighted by molar-refractivity contribution is 9.11. The Kier molecular flexibility index (Phi) is 7.25. The number of nitrogens with zero attached hydrogens (tertiary/aromatic N) is 2. The van der Waals surface area contributed by atoms with Gasteiger partial charge in [-0.15, -0.1) is 11.3 Å². The number of carbonyl (C=O) groups is 2. The molecule has 134 valence electrons. The molecule has 2 amide bonds. The summed E-state index contributed by atoms with van der Waals surface area (Å²) in [5.74, 6) is 0.489. The number of thiophene rings is 1. The normalized spacial score (nSPS) is 19.8. The minimum Gasteiger partial charge on any atom is -0.353 e. The van der Waals surface area contributed by atoms with Crippen LogP contribution in [-0.4, -0.2) is 60.9 Å². The Hall–Kier alpha value is -0.920. The lowest BCUT2D eigenvalue weighted by atomic mass is 9.99. The van der Waals surface area contributed by atoms with Gasteiger partial charge in [-0.25, -0.2) is 0 Å². The lowest BCUT2D eigenvalue weighted by Crippen LogP contribution is -2.47. The topological polar surface area (TPSA) is 52.7 Å². The van der Waals surface area contributed by atoms with Crippen molar-refractivity contribution in [2.45, 2.75) is 32.7 Å². The number of hydrogen-bond donors (Lipinski definition) is 1. The van der Waals surface area contributed by atoms with Crippen LogP contribution in [-0.2, 0) is 4.79 Å². The first-order valence-electron chi connectivity index (χ1n) is 8.38. The fourth-order valence-corrected chi connectivity index (χ4v) is 4.36. The molecule has 2 unspecified atom stereocenters. The van der Waals surface area contributed by atoms with Crippen LogP contribution in [0.3, 0.4) is 0 Å². The molecule has 2 atom stereocenters. The van der Waals surface area contributed by atoms with Gasteiger partial charge in [0.15, 0.2) is 0 Å². The number of nitrogens with one attached hydrogen (secondary N) is 1. The lowest BCUT2D eigenvalue weighted by Gasteiger charge is -2.35. The van der Waals surface area contributed by atoms with Gasteiger partial charge in [-0.1, -0.05) is 6.92 Å². The zero-order chi connectivity index (χ0) is 17.7. The molecule has 1 aromatic rings. The van der Waals surface area contributed by atoms with E-state index in [-0.39, 0.29) is 18.4 Å². The number of likely N-dealkylation sites (tertiary alicyclic amines) is 1. The van der Waals surface area contributed by atoms with Gasteiger partial charge >= 0.3 is 0 Å². The van der Waals surface area contributed by atoms with E-state index >= 15 is 0 Å². The van der Waals surface area contributed by atoms with E-state index in [1.807, 2.05) is 6.07 Å². The maximum Gasteiger partial charge on any atom is 0.264 e. The third kappa shape index (κ3) is 5.57. The van der Waals surface area contributed by atoms with Gasteiger partial charge in [-0.05, 0) is 60.3 Å². The highest BCUT2D eigenvalue weighted by Crippen LogP contribution is 2.23. The van der Waals surface area contributed by atoms with Crippen LogP contribution in [0.2, 0.25) is 0 Å². The van der Waals surface area contributed by atoms with E-state index in [9.17, 15) is 9.59 Å². The number of amides is 2. The third-order valence-corrected chi connectivity index (χ3v) is 6.03. The van der Waals surface area contributed by atoms with E-state index < -0.39 is 0 Å². The zero-order valence-electron chi connectivity index (χ0n) is 14.5. The number of hydrogen-bond acceptors (Lipinski definition) is 4. The first kappa shape index (κ1) is 19.4. The van der Waals surface area contributed by atoms with Crippen LogP contribution >= 0.6 is 27.3 Å². The van der Waals surface area contributed by atoms with Crippen LogP contribution in [0.1, 0.15) is 36.4 Å². The Morgan fingerprint density at radius 1 is 1.50 bits per heavy atom. The number of piperidine rings is 1. The minimum atomic E-state index is -0.126. The summed E-state index contributed by atoms with van der Waals surface area (Å²) in [6, 6.07) is 3.93. The Labute approximate surface area is 156 Å². The average Bonchev–Trinajstić information content (AvgIpc) is 2.98. The maximum absolute atomic E-state index is 12.2. The quantitative estimate of drug-likeness (QED) is 0.776. The number of carbonyl (C=O) groups excluding carboxylic acids is 2. The van der Waals surface area contributed by atoms with Crippen molar-refractivity contribution >= 4 is 39.1 Å². The molecule has 1 N–H and O–H groups in total. The van der Waals surface area contributed by atoms with E-state index in [1.54, 1.807) is 13.1 Å². The summed E-state index contributed by atoms with van der Waals surface area (Å²) in [6.07, 6.45) is 2.52. The molecular formula is C17H26BrN3O2S. The molecule has 7 heteroatoms. The third-order valence-electron chi connectivity index (χ3n) is 4.42.